The van der Waals surface area contributed by atoms with Crippen molar-refractivity contribution in [3.05, 3.63) is 71.8 Å². The minimum atomic E-state index is 0.297. The lowest BCUT2D eigenvalue weighted by Gasteiger charge is -2.26. The van der Waals surface area contributed by atoms with Gasteiger partial charge in [0.1, 0.15) is 0 Å². The largest absolute Gasteiger partial charge is 0.341 e. The molecule has 1 amide bonds. The third kappa shape index (κ3) is 5.99. The van der Waals surface area contributed by atoms with Crippen molar-refractivity contribution < 1.29 is 4.79 Å². The van der Waals surface area contributed by atoms with Crippen LogP contribution in [0.15, 0.2) is 60.7 Å². The fourth-order valence-electron chi connectivity index (χ4n) is 3.65. The summed E-state index contributed by atoms with van der Waals surface area (Å²) < 4.78 is 0. The van der Waals surface area contributed by atoms with Crippen LogP contribution in [0.5, 0.6) is 0 Å². The number of rotatable bonds is 9. The number of nitrogens with one attached hydrogen (secondary N) is 1. The fraction of sp³-hybridized carbons (Fsp3) is 0.435. The first-order valence-electron chi connectivity index (χ1n) is 9.90. The Labute approximate surface area is 157 Å². The molecular weight excluding hydrogens is 320 g/mol. The highest BCUT2D eigenvalue weighted by molar-refractivity contribution is 5.76. The zero-order valence-corrected chi connectivity index (χ0v) is 15.6. The van der Waals surface area contributed by atoms with Crippen molar-refractivity contribution in [1.82, 2.24) is 10.2 Å². The van der Waals surface area contributed by atoms with E-state index in [9.17, 15) is 4.79 Å². The Morgan fingerprint density at radius 2 is 1.62 bits per heavy atom. The van der Waals surface area contributed by atoms with Gasteiger partial charge in [0.25, 0.3) is 0 Å². The van der Waals surface area contributed by atoms with Gasteiger partial charge in [-0.05, 0) is 49.8 Å². The molecule has 2 aromatic carbocycles. The monoisotopic (exact) mass is 350 g/mol. The van der Waals surface area contributed by atoms with Gasteiger partial charge in [-0.2, -0.15) is 0 Å². The molecule has 0 aromatic heterocycles. The van der Waals surface area contributed by atoms with E-state index < -0.39 is 0 Å². The van der Waals surface area contributed by atoms with Crippen LogP contribution in [0, 0.1) is 0 Å². The highest BCUT2D eigenvalue weighted by Crippen LogP contribution is 2.12. The van der Waals surface area contributed by atoms with E-state index in [2.05, 4.69) is 58.7 Å². The van der Waals surface area contributed by atoms with E-state index in [-0.39, 0.29) is 0 Å². The van der Waals surface area contributed by atoms with Crippen LogP contribution in [-0.4, -0.2) is 36.5 Å². The van der Waals surface area contributed by atoms with Crippen molar-refractivity contribution in [2.45, 2.75) is 44.6 Å². The number of carbonyl (C=O) groups is 1. The lowest BCUT2D eigenvalue weighted by Crippen LogP contribution is -2.42. The Bertz CT molecular complexity index is 650. The van der Waals surface area contributed by atoms with Crippen molar-refractivity contribution in [2.75, 3.05) is 19.6 Å². The molecule has 1 saturated heterocycles. The number of hydrogen-bond acceptors (Lipinski definition) is 2. The first-order valence-corrected chi connectivity index (χ1v) is 9.90. The maximum absolute atomic E-state index is 12.8. The maximum Gasteiger partial charge on any atom is 0.222 e. The topological polar surface area (TPSA) is 32.3 Å². The summed E-state index contributed by atoms with van der Waals surface area (Å²) in [6.07, 6.45) is 5.86. The SMILES string of the molecule is O=C(CCCc1ccccc1)N(CCc1ccccc1)C[C@@H]1CCCN1. The predicted molar refractivity (Wildman–Crippen MR) is 107 cm³/mol. The van der Waals surface area contributed by atoms with Crippen LogP contribution in [0.2, 0.25) is 0 Å². The number of carbonyl (C=O) groups excluding carboxylic acids is 1. The molecule has 1 fully saturated rings. The van der Waals surface area contributed by atoms with E-state index in [1.54, 1.807) is 0 Å². The minimum absolute atomic E-state index is 0.297. The number of aryl methyl sites for hydroxylation is 1. The van der Waals surface area contributed by atoms with Gasteiger partial charge in [0, 0.05) is 25.6 Å². The number of hydrogen-bond donors (Lipinski definition) is 1. The number of nitrogens with zero attached hydrogens (tertiary/aromatic N) is 1. The molecule has 1 atom stereocenters. The van der Waals surface area contributed by atoms with Gasteiger partial charge in [0.2, 0.25) is 5.91 Å². The second kappa shape index (κ2) is 10.1. The van der Waals surface area contributed by atoms with Crippen LogP contribution in [0.3, 0.4) is 0 Å². The van der Waals surface area contributed by atoms with Crippen molar-refractivity contribution in [2.24, 2.45) is 0 Å². The lowest BCUT2D eigenvalue weighted by molar-refractivity contribution is -0.131. The van der Waals surface area contributed by atoms with Gasteiger partial charge < -0.3 is 10.2 Å². The van der Waals surface area contributed by atoms with Crippen LogP contribution in [-0.2, 0) is 17.6 Å². The van der Waals surface area contributed by atoms with Crippen molar-refractivity contribution in [3.63, 3.8) is 0 Å². The molecule has 3 heteroatoms. The summed E-state index contributed by atoms with van der Waals surface area (Å²) in [5.41, 5.74) is 2.61. The second-order valence-electron chi connectivity index (χ2n) is 7.21. The molecular formula is C23H30N2O. The van der Waals surface area contributed by atoms with E-state index >= 15 is 0 Å². The predicted octanol–water partition coefficient (Wildman–Crippen LogP) is 3.83. The van der Waals surface area contributed by atoms with Crippen molar-refractivity contribution >= 4 is 5.91 Å². The van der Waals surface area contributed by atoms with Crippen LogP contribution >= 0.6 is 0 Å². The van der Waals surface area contributed by atoms with Crippen LogP contribution in [0.1, 0.15) is 36.8 Å². The van der Waals surface area contributed by atoms with E-state index in [1.807, 2.05) is 12.1 Å². The van der Waals surface area contributed by atoms with Crippen LogP contribution < -0.4 is 5.32 Å². The Kier molecular flexibility index (Phi) is 7.26. The molecule has 1 aliphatic rings. The van der Waals surface area contributed by atoms with E-state index in [4.69, 9.17) is 0 Å². The van der Waals surface area contributed by atoms with E-state index in [1.165, 1.54) is 24.0 Å². The van der Waals surface area contributed by atoms with Gasteiger partial charge in [-0.25, -0.2) is 0 Å². The molecule has 0 spiro atoms. The Morgan fingerprint density at radius 3 is 2.23 bits per heavy atom. The Balaban J connectivity index is 1.51. The summed E-state index contributed by atoms with van der Waals surface area (Å²) in [5.74, 6) is 0.297. The summed E-state index contributed by atoms with van der Waals surface area (Å²) in [6, 6.07) is 21.4. The van der Waals surface area contributed by atoms with Gasteiger partial charge in [-0.3, -0.25) is 4.79 Å². The molecule has 0 unspecified atom stereocenters. The molecule has 2 aromatic rings. The molecule has 0 bridgehead atoms. The summed E-state index contributed by atoms with van der Waals surface area (Å²) >= 11 is 0. The minimum Gasteiger partial charge on any atom is -0.341 e. The zero-order chi connectivity index (χ0) is 18.0. The standard InChI is InChI=1S/C23H30N2O/c26-23(15-7-13-20-9-3-1-4-10-20)25(19-22-14-8-17-24-22)18-16-21-11-5-2-6-12-21/h1-6,9-12,22,24H,7-8,13-19H2/t22-/m0/s1. The third-order valence-electron chi connectivity index (χ3n) is 5.17. The third-order valence-corrected chi connectivity index (χ3v) is 5.17. The van der Waals surface area contributed by atoms with E-state index in [0.29, 0.717) is 18.4 Å². The van der Waals surface area contributed by atoms with Crippen LogP contribution in [0.25, 0.3) is 0 Å². The summed E-state index contributed by atoms with van der Waals surface area (Å²) in [5, 5.41) is 3.53. The molecule has 0 saturated carbocycles. The van der Waals surface area contributed by atoms with Crippen molar-refractivity contribution in [3.8, 4) is 0 Å². The fourth-order valence-corrected chi connectivity index (χ4v) is 3.65. The molecule has 1 aliphatic heterocycles. The normalized spacial score (nSPS) is 16.5. The zero-order valence-electron chi connectivity index (χ0n) is 15.6. The molecule has 1 N–H and O–H groups in total. The average molecular weight is 351 g/mol. The Morgan fingerprint density at radius 1 is 0.962 bits per heavy atom. The van der Waals surface area contributed by atoms with Crippen molar-refractivity contribution in [1.29, 1.82) is 0 Å². The molecule has 3 rings (SSSR count). The van der Waals surface area contributed by atoms with E-state index in [0.717, 1.165) is 38.9 Å². The molecule has 138 valence electrons. The average Bonchev–Trinajstić information content (AvgIpc) is 3.20. The van der Waals surface area contributed by atoms with Gasteiger partial charge in [-0.1, -0.05) is 60.7 Å². The lowest BCUT2D eigenvalue weighted by atomic mass is 10.1. The van der Waals surface area contributed by atoms with Gasteiger partial charge in [0.05, 0.1) is 0 Å². The Hall–Kier alpha value is -2.13. The van der Waals surface area contributed by atoms with Gasteiger partial charge in [0.15, 0.2) is 0 Å². The first-order chi connectivity index (χ1) is 12.8. The molecule has 26 heavy (non-hydrogen) atoms. The smallest absolute Gasteiger partial charge is 0.222 e. The number of amides is 1. The summed E-state index contributed by atoms with van der Waals surface area (Å²) in [6.45, 7) is 2.74. The van der Waals surface area contributed by atoms with Gasteiger partial charge in [-0.15, -0.1) is 0 Å². The summed E-state index contributed by atoms with van der Waals surface area (Å²) in [7, 11) is 0. The maximum atomic E-state index is 12.8. The molecule has 0 radical (unpaired) electrons. The summed E-state index contributed by atoms with van der Waals surface area (Å²) in [4.78, 5) is 14.9. The first kappa shape index (κ1) is 18.7. The molecule has 1 heterocycles. The number of benzene rings is 2. The quantitative estimate of drug-likeness (QED) is 0.745. The second-order valence-corrected chi connectivity index (χ2v) is 7.21. The molecule has 0 aliphatic carbocycles. The van der Waals surface area contributed by atoms with Gasteiger partial charge >= 0.3 is 0 Å². The highest BCUT2D eigenvalue weighted by atomic mass is 16.2. The molecule has 3 nitrogen and oxygen atoms in total. The highest BCUT2D eigenvalue weighted by Gasteiger charge is 2.21. The van der Waals surface area contributed by atoms with Crippen LogP contribution in [0.4, 0.5) is 0 Å².